The van der Waals surface area contributed by atoms with E-state index in [4.69, 9.17) is 11.7 Å². The zero-order chi connectivity index (χ0) is 21.0. The normalized spacial score (nSPS) is 10.5. The van der Waals surface area contributed by atoms with Gasteiger partial charge < -0.3 is 4.90 Å². The number of carbonyl (C=O) groups excluding carboxylic acids is 1. The fourth-order valence-corrected chi connectivity index (χ4v) is 3.29. The molecule has 7 heteroatoms. The second-order valence-electron chi connectivity index (χ2n) is 6.75. The number of hydrogen-bond donors (Lipinski definition) is 0. The van der Waals surface area contributed by atoms with Gasteiger partial charge in [0.2, 0.25) is 5.91 Å². The summed E-state index contributed by atoms with van der Waals surface area (Å²) in [6.07, 6.45) is 7.65. The van der Waals surface area contributed by atoms with Gasteiger partial charge in [-0.25, -0.2) is 13.9 Å². The Kier molecular flexibility index (Phi) is 5.90. The Morgan fingerprint density at radius 2 is 2.03 bits per heavy atom. The highest BCUT2D eigenvalue weighted by Crippen LogP contribution is 2.19. The third-order valence-corrected chi connectivity index (χ3v) is 4.84. The number of aryl methyl sites for hydroxylation is 2. The van der Waals surface area contributed by atoms with Crippen LogP contribution in [0.5, 0.6) is 0 Å². The smallest absolute Gasteiger partial charge is 0.223 e. The maximum atomic E-state index is 13.1. The second-order valence-corrected chi connectivity index (χ2v) is 6.75. The zero-order valence-corrected chi connectivity index (χ0v) is 16.3. The molecule has 0 unspecified atom stereocenters. The largest absolute Gasteiger partial charge is 0.327 e. The number of terminal acetylenes is 1. The number of carbonyl (C=O) groups is 1. The molecule has 0 spiro atoms. The topological polar surface area (TPSA) is 74.3 Å². The summed E-state index contributed by atoms with van der Waals surface area (Å²) >= 11 is 0. The van der Waals surface area contributed by atoms with Gasteiger partial charge in [-0.15, -0.1) is 6.42 Å². The molecule has 1 aromatic carbocycles. The molecule has 6 nitrogen and oxygen atoms in total. The molecule has 0 aliphatic rings. The van der Waals surface area contributed by atoms with Gasteiger partial charge in [-0.05, 0) is 43.5 Å². The molecule has 3 aromatic rings. The van der Waals surface area contributed by atoms with E-state index in [9.17, 15) is 9.18 Å². The van der Waals surface area contributed by atoms with Crippen LogP contribution in [0.4, 0.5) is 4.39 Å². The first-order valence-corrected chi connectivity index (χ1v) is 9.14. The first kappa shape index (κ1) is 20.0. The summed E-state index contributed by atoms with van der Waals surface area (Å²) in [5.74, 6) is 2.09. The summed E-state index contributed by atoms with van der Waals surface area (Å²) < 4.78 is 14.7. The van der Waals surface area contributed by atoms with Crippen molar-refractivity contribution in [2.24, 2.45) is 0 Å². The lowest BCUT2D eigenvalue weighted by Crippen LogP contribution is -2.31. The summed E-state index contributed by atoms with van der Waals surface area (Å²) in [4.78, 5) is 18.8. The van der Waals surface area contributed by atoms with Crippen LogP contribution in [0.2, 0.25) is 0 Å². The molecule has 1 amide bonds. The third kappa shape index (κ3) is 4.25. The molecule has 0 fully saturated rings. The number of aromatic nitrogens is 3. The molecule has 2 aromatic heterocycles. The lowest BCUT2D eigenvalue weighted by atomic mass is 10.1. The van der Waals surface area contributed by atoms with E-state index in [0.29, 0.717) is 24.2 Å². The van der Waals surface area contributed by atoms with Crippen LogP contribution < -0.4 is 0 Å². The maximum absolute atomic E-state index is 13.1. The van der Waals surface area contributed by atoms with Crippen molar-refractivity contribution in [1.82, 2.24) is 19.5 Å². The molecule has 146 valence electrons. The van der Waals surface area contributed by atoms with E-state index in [0.717, 1.165) is 22.5 Å². The van der Waals surface area contributed by atoms with E-state index < -0.39 is 0 Å². The van der Waals surface area contributed by atoms with Crippen molar-refractivity contribution in [3.8, 4) is 18.4 Å². The molecule has 0 saturated heterocycles. The van der Waals surface area contributed by atoms with Gasteiger partial charge in [0.1, 0.15) is 17.4 Å². The van der Waals surface area contributed by atoms with Crippen molar-refractivity contribution < 1.29 is 9.18 Å². The Balaban J connectivity index is 1.77. The number of hydrogen-bond acceptors (Lipinski definition) is 4. The lowest BCUT2D eigenvalue weighted by Gasteiger charge is -2.21. The molecule has 0 atom stereocenters. The van der Waals surface area contributed by atoms with E-state index in [1.165, 1.54) is 18.3 Å². The van der Waals surface area contributed by atoms with E-state index >= 15 is 0 Å². The molecule has 29 heavy (non-hydrogen) atoms. The van der Waals surface area contributed by atoms with Gasteiger partial charge in [-0.1, -0.05) is 18.1 Å². The highest BCUT2D eigenvalue weighted by molar-refractivity contribution is 5.77. The van der Waals surface area contributed by atoms with Crippen LogP contribution in [0.1, 0.15) is 34.5 Å². The number of amides is 1. The van der Waals surface area contributed by atoms with Gasteiger partial charge in [0, 0.05) is 24.4 Å². The molecule has 0 N–H and O–H groups in total. The van der Waals surface area contributed by atoms with Crippen molar-refractivity contribution in [2.45, 2.75) is 33.2 Å². The minimum Gasteiger partial charge on any atom is -0.327 e. The highest BCUT2D eigenvalue weighted by atomic mass is 19.1. The highest BCUT2D eigenvalue weighted by Gasteiger charge is 2.17. The summed E-state index contributed by atoms with van der Waals surface area (Å²) in [5, 5.41) is 13.4. The molecule has 2 heterocycles. The number of nitrogens with zero attached hydrogens (tertiary/aromatic N) is 5. The molecule has 0 aliphatic carbocycles. The Morgan fingerprint density at radius 1 is 1.31 bits per heavy atom. The quantitative estimate of drug-likeness (QED) is 0.608. The average Bonchev–Trinajstić information content (AvgIpc) is 3.11. The summed E-state index contributed by atoms with van der Waals surface area (Å²) in [5.41, 5.74) is 4.28. The van der Waals surface area contributed by atoms with Gasteiger partial charge in [0.05, 0.1) is 12.7 Å². The third-order valence-electron chi connectivity index (χ3n) is 4.84. The van der Waals surface area contributed by atoms with Gasteiger partial charge in [0.25, 0.3) is 0 Å². The SMILES string of the molecule is C#CCN(Cc1ccc(F)cc1)C(=O)CCc1c(C)nc2c(C#N)cnn2c1C. The summed E-state index contributed by atoms with van der Waals surface area (Å²) in [6, 6.07) is 8.09. The number of fused-ring (bicyclic) bond motifs is 1. The van der Waals surface area contributed by atoms with Crippen molar-refractivity contribution in [3.63, 3.8) is 0 Å². The van der Waals surface area contributed by atoms with Crippen LogP contribution in [0.25, 0.3) is 5.65 Å². The van der Waals surface area contributed by atoms with Gasteiger partial charge in [-0.2, -0.15) is 10.4 Å². The summed E-state index contributed by atoms with van der Waals surface area (Å²) in [6.45, 7) is 4.26. The van der Waals surface area contributed by atoms with Crippen molar-refractivity contribution in [1.29, 1.82) is 5.26 Å². The molecule has 3 rings (SSSR count). The van der Waals surface area contributed by atoms with Crippen molar-refractivity contribution in [2.75, 3.05) is 6.54 Å². The number of nitriles is 1. The van der Waals surface area contributed by atoms with Crippen LogP contribution in [0.3, 0.4) is 0 Å². The number of benzene rings is 1. The van der Waals surface area contributed by atoms with Gasteiger partial charge in [-0.3, -0.25) is 4.79 Å². The maximum Gasteiger partial charge on any atom is 0.223 e. The Hall–Kier alpha value is -3.71. The van der Waals surface area contributed by atoms with Crippen LogP contribution in [0.15, 0.2) is 30.5 Å². The lowest BCUT2D eigenvalue weighted by molar-refractivity contribution is -0.131. The Labute approximate surface area is 168 Å². The minimum atomic E-state index is -0.324. The number of rotatable bonds is 6. The monoisotopic (exact) mass is 389 g/mol. The van der Waals surface area contributed by atoms with E-state index in [2.05, 4.69) is 22.1 Å². The fraction of sp³-hybridized carbons (Fsp3) is 0.273. The van der Waals surface area contributed by atoms with Crippen LogP contribution in [-0.2, 0) is 17.8 Å². The van der Waals surface area contributed by atoms with Gasteiger partial charge >= 0.3 is 0 Å². The van der Waals surface area contributed by atoms with E-state index in [1.54, 1.807) is 21.5 Å². The first-order valence-electron chi connectivity index (χ1n) is 9.14. The van der Waals surface area contributed by atoms with Crippen molar-refractivity contribution >= 4 is 11.6 Å². The van der Waals surface area contributed by atoms with Crippen LogP contribution >= 0.6 is 0 Å². The molecular formula is C22H20FN5O. The molecule has 0 bridgehead atoms. The molecule has 0 saturated carbocycles. The predicted molar refractivity (Wildman–Crippen MR) is 106 cm³/mol. The van der Waals surface area contributed by atoms with Crippen molar-refractivity contribution in [3.05, 3.63) is 64.4 Å². The van der Waals surface area contributed by atoms with E-state index in [-0.39, 0.29) is 24.7 Å². The van der Waals surface area contributed by atoms with Gasteiger partial charge in [0.15, 0.2) is 5.65 Å². The predicted octanol–water partition coefficient (Wildman–Crippen LogP) is 2.95. The molecule has 0 aliphatic heterocycles. The van der Waals surface area contributed by atoms with Crippen LogP contribution in [0, 0.1) is 43.3 Å². The van der Waals surface area contributed by atoms with E-state index in [1.807, 2.05) is 13.8 Å². The molecular weight excluding hydrogens is 369 g/mol. The Morgan fingerprint density at radius 3 is 2.69 bits per heavy atom. The first-order chi connectivity index (χ1) is 13.9. The second kappa shape index (κ2) is 8.53. The minimum absolute atomic E-state index is 0.0932. The standard InChI is InChI=1S/C22H20FN5O/c1-4-11-27(14-17-5-7-19(23)8-6-17)21(29)10-9-20-15(2)26-22-18(12-24)13-25-28(22)16(20)3/h1,5-8,13H,9-11,14H2,2-3H3. The molecule has 0 radical (unpaired) electrons. The summed E-state index contributed by atoms with van der Waals surface area (Å²) in [7, 11) is 0. The average molecular weight is 389 g/mol. The fourth-order valence-electron chi connectivity index (χ4n) is 3.29. The zero-order valence-electron chi connectivity index (χ0n) is 16.3. The number of halogens is 1. The van der Waals surface area contributed by atoms with Crippen LogP contribution in [-0.4, -0.2) is 31.9 Å². The Bertz CT molecular complexity index is 1140.